The van der Waals surface area contributed by atoms with Gasteiger partial charge in [0.2, 0.25) is 11.7 Å². The molecule has 2 rings (SSSR count). The fourth-order valence-electron chi connectivity index (χ4n) is 1.41. The lowest BCUT2D eigenvalue weighted by Gasteiger charge is -1.95. The smallest absolute Gasteiger partial charge is 0.229 e. The van der Waals surface area contributed by atoms with E-state index >= 15 is 0 Å². The Morgan fingerprint density at radius 3 is 2.76 bits per heavy atom. The summed E-state index contributed by atoms with van der Waals surface area (Å²) < 4.78 is 10.3. The Morgan fingerprint density at radius 1 is 1.29 bits per heavy atom. The van der Waals surface area contributed by atoms with Gasteiger partial charge in [0.15, 0.2) is 0 Å². The fourth-order valence-corrected chi connectivity index (χ4v) is 1.41. The molecule has 1 aromatic carbocycles. The summed E-state index contributed by atoms with van der Waals surface area (Å²) in [6, 6.07) is 7.36. The van der Waals surface area contributed by atoms with Crippen molar-refractivity contribution < 1.29 is 9.26 Å². The molecular formula is C12H15N3O2. The lowest BCUT2D eigenvalue weighted by atomic mass is 10.2. The van der Waals surface area contributed by atoms with E-state index in [0.717, 1.165) is 5.56 Å². The molecule has 17 heavy (non-hydrogen) atoms. The van der Waals surface area contributed by atoms with Crippen LogP contribution in [0.5, 0.6) is 0 Å². The Hall–Kier alpha value is -1.88. The van der Waals surface area contributed by atoms with Gasteiger partial charge in [0.1, 0.15) is 0 Å². The lowest BCUT2D eigenvalue weighted by molar-refractivity contribution is 0.144. The highest BCUT2D eigenvalue weighted by molar-refractivity contribution is 5.57. The Balaban J connectivity index is 2.04. The molecule has 0 aliphatic rings. The van der Waals surface area contributed by atoms with Crippen LogP contribution in [-0.2, 0) is 11.2 Å². The number of rotatable bonds is 5. The first-order valence-electron chi connectivity index (χ1n) is 5.56. The Labute approximate surface area is 99.6 Å². The van der Waals surface area contributed by atoms with Gasteiger partial charge in [-0.05, 0) is 31.2 Å². The van der Waals surface area contributed by atoms with E-state index in [2.05, 4.69) is 10.1 Å². The molecule has 1 heterocycles. The first kappa shape index (κ1) is 11.6. The SMILES string of the molecule is CCOCCc1nc(-c2ccc(N)cc2)no1. The van der Waals surface area contributed by atoms with Gasteiger partial charge in [-0.15, -0.1) is 0 Å². The van der Waals surface area contributed by atoms with Crippen molar-refractivity contribution in [1.29, 1.82) is 0 Å². The first-order chi connectivity index (χ1) is 8.29. The zero-order valence-electron chi connectivity index (χ0n) is 9.72. The van der Waals surface area contributed by atoms with Crippen molar-refractivity contribution in [2.45, 2.75) is 13.3 Å². The van der Waals surface area contributed by atoms with Crippen LogP contribution in [-0.4, -0.2) is 23.4 Å². The molecule has 5 nitrogen and oxygen atoms in total. The monoisotopic (exact) mass is 233 g/mol. The number of hydrogen-bond donors (Lipinski definition) is 1. The standard InChI is InChI=1S/C12H15N3O2/c1-2-16-8-7-11-14-12(15-17-11)9-3-5-10(13)6-4-9/h3-6H,2,7-8,13H2,1H3. The normalized spacial score (nSPS) is 10.6. The van der Waals surface area contributed by atoms with E-state index in [1.165, 1.54) is 0 Å². The molecule has 0 spiro atoms. The van der Waals surface area contributed by atoms with Gasteiger partial charge in [-0.3, -0.25) is 0 Å². The molecule has 1 aromatic heterocycles. The third-order valence-electron chi connectivity index (χ3n) is 2.30. The molecule has 90 valence electrons. The molecule has 2 N–H and O–H groups in total. The summed E-state index contributed by atoms with van der Waals surface area (Å²) in [5, 5.41) is 3.91. The Kier molecular flexibility index (Phi) is 3.72. The van der Waals surface area contributed by atoms with Crippen LogP contribution in [0.25, 0.3) is 11.4 Å². The van der Waals surface area contributed by atoms with Crippen molar-refractivity contribution in [3.8, 4) is 11.4 Å². The van der Waals surface area contributed by atoms with Crippen LogP contribution in [0.1, 0.15) is 12.8 Å². The second-order valence-electron chi connectivity index (χ2n) is 3.58. The van der Waals surface area contributed by atoms with Gasteiger partial charge in [-0.1, -0.05) is 5.16 Å². The van der Waals surface area contributed by atoms with Crippen molar-refractivity contribution in [2.24, 2.45) is 0 Å². The van der Waals surface area contributed by atoms with Crippen molar-refractivity contribution in [3.05, 3.63) is 30.2 Å². The predicted octanol–water partition coefficient (Wildman–Crippen LogP) is 1.90. The van der Waals surface area contributed by atoms with Crippen LogP contribution < -0.4 is 5.73 Å². The molecule has 0 unspecified atom stereocenters. The number of nitrogen functional groups attached to an aromatic ring is 1. The van der Waals surface area contributed by atoms with Crippen LogP contribution in [0.4, 0.5) is 5.69 Å². The maximum absolute atomic E-state index is 5.61. The topological polar surface area (TPSA) is 74.2 Å². The highest BCUT2D eigenvalue weighted by atomic mass is 16.5. The maximum atomic E-state index is 5.61. The van der Waals surface area contributed by atoms with Crippen LogP contribution >= 0.6 is 0 Å². The molecule has 2 aromatic rings. The zero-order chi connectivity index (χ0) is 12.1. The second kappa shape index (κ2) is 5.45. The summed E-state index contributed by atoms with van der Waals surface area (Å²) in [7, 11) is 0. The Morgan fingerprint density at radius 2 is 2.06 bits per heavy atom. The summed E-state index contributed by atoms with van der Waals surface area (Å²) in [6.45, 7) is 3.24. The third kappa shape index (κ3) is 3.04. The van der Waals surface area contributed by atoms with Crippen molar-refractivity contribution in [3.63, 3.8) is 0 Å². The summed E-state index contributed by atoms with van der Waals surface area (Å²) in [4.78, 5) is 4.28. The molecule has 0 aliphatic heterocycles. The van der Waals surface area contributed by atoms with E-state index in [-0.39, 0.29) is 0 Å². The molecule has 0 saturated heterocycles. The minimum Gasteiger partial charge on any atom is -0.399 e. The summed E-state index contributed by atoms with van der Waals surface area (Å²) in [5.41, 5.74) is 7.22. The van der Waals surface area contributed by atoms with E-state index in [9.17, 15) is 0 Å². The summed E-state index contributed by atoms with van der Waals surface area (Å²) in [6.07, 6.45) is 0.635. The van der Waals surface area contributed by atoms with Crippen LogP contribution in [0, 0.1) is 0 Å². The molecule has 0 bridgehead atoms. The van der Waals surface area contributed by atoms with Gasteiger partial charge in [0.25, 0.3) is 0 Å². The largest absolute Gasteiger partial charge is 0.399 e. The minimum atomic E-state index is 0.580. The average molecular weight is 233 g/mol. The average Bonchev–Trinajstić information content (AvgIpc) is 2.79. The number of nitrogens with two attached hydrogens (primary N) is 1. The highest BCUT2D eigenvalue weighted by Gasteiger charge is 2.07. The predicted molar refractivity (Wildman–Crippen MR) is 64.3 cm³/mol. The quantitative estimate of drug-likeness (QED) is 0.630. The van der Waals surface area contributed by atoms with Crippen LogP contribution in [0.3, 0.4) is 0 Å². The van der Waals surface area contributed by atoms with Crippen molar-refractivity contribution in [1.82, 2.24) is 10.1 Å². The van der Waals surface area contributed by atoms with E-state index in [1.807, 2.05) is 31.2 Å². The molecule has 0 amide bonds. The maximum Gasteiger partial charge on any atom is 0.229 e. The van der Waals surface area contributed by atoms with E-state index < -0.39 is 0 Å². The number of benzene rings is 1. The fraction of sp³-hybridized carbons (Fsp3) is 0.333. The number of anilines is 1. The number of nitrogens with zero attached hydrogens (tertiary/aromatic N) is 2. The molecule has 0 atom stereocenters. The number of ether oxygens (including phenoxy) is 1. The zero-order valence-corrected chi connectivity index (χ0v) is 9.72. The van der Waals surface area contributed by atoms with Gasteiger partial charge in [0.05, 0.1) is 13.0 Å². The van der Waals surface area contributed by atoms with Crippen molar-refractivity contribution >= 4 is 5.69 Å². The second-order valence-corrected chi connectivity index (χ2v) is 3.58. The van der Waals surface area contributed by atoms with Crippen molar-refractivity contribution in [2.75, 3.05) is 18.9 Å². The van der Waals surface area contributed by atoms with Gasteiger partial charge < -0.3 is 15.0 Å². The first-order valence-corrected chi connectivity index (χ1v) is 5.56. The van der Waals surface area contributed by atoms with Crippen LogP contribution in [0.2, 0.25) is 0 Å². The Bertz CT molecular complexity index is 465. The van der Waals surface area contributed by atoms with Gasteiger partial charge in [-0.25, -0.2) is 0 Å². The molecular weight excluding hydrogens is 218 g/mol. The molecule has 0 fully saturated rings. The molecule has 5 heteroatoms. The van der Waals surface area contributed by atoms with Gasteiger partial charge in [0, 0.05) is 17.9 Å². The minimum absolute atomic E-state index is 0.580. The summed E-state index contributed by atoms with van der Waals surface area (Å²) >= 11 is 0. The van der Waals surface area contributed by atoms with E-state index in [0.29, 0.717) is 37.0 Å². The van der Waals surface area contributed by atoms with Gasteiger partial charge in [-0.2, -0.15) is 4.98 Å². The van der Waals surface area contributed by atoms with E-state index in [4.69, 9.17) is 15.0 Å². The van der Waals surface area contributed by atoms with Crippen LogP contribution in [0.15, 0.2) is 28.8 Å². The highest BCUT2D eigenvalue weighted by Crippen LogP contribution is 2.17. The lowest BCUT2D eigenvalue weighted by Crippen LogP contribution is -1.97. The number of hydrogen-bond acceptors (Lipinski definition) is 5. The summed E-state index contributed by atoms with van der Waals surface area (Å²) in [5.74, 6) is 1.17. The molecule has 0 aliphatic carbocycles. The van der Waals surface area contributed by atoms with Gasteiger partial charge >= 0.3 is 0 Å². The third-order valence-corrected chi connectivity index (χ3v) is 2.30. The number of aromatic nitrogens is 2. The molecule has 0 saturated carbocycles. The van der Waals surface area contributed by atoms with E-state index in [1.54, 1.807) is 0 Å². The molecule has 0 radical (unpaired) electrons.